The predicted molar refractivity (Wildman–Crippen MR) is 71.9 cm³/mol. The Kier molecular flexibility index (Phi) is 3.55. The van der Waals surface area contributed by atoms with Gasteiger partial charge in [-0.25, -0.2) is 0 Å². The number of aromatic nitrogens is 1. The molecule has 2 rings (SSSR count). The van der Waals surface area contributed by atoms with E-state index in [9.17, 15) is 9.59 Å². The van der Waals surface area contributed by atoms with Gasteiger partial charge in [0.1, 0.15) is 6.54 Å². The number of hydrogen-bond donors (Lipinski definition) is 1. The Morgan fingerprint density at radius 1 is 1.32 bits per heavy atom. The Morgan fingerprint density at radius 3 is 2.68 bits per heavy atom. The van der Waals surface area contributed by atoms with Crippen molar-refractivity contribution in [3.63, 3.8) is 0 Å². The van der Waals surface area contributed by atoms with Gasteiger partial charge in [0.15, 0.2) is 0 Å². The largest absolute Gasteiger partial charge is 0.480 e. The van der Waals surface area contributed by atoms with Crippen LogP contribution in [-0.2, 0) is 23.1 Å². The lowest BCUT2D eigenvalue weighted by molar-refractivity contribution is -0.143. The molecule has 100 valence electrons. The van der Waals surface area contributed by atoms with E-state index in [1.54, 1.807) is 0 Å². The van der Waals surface area contributed by atoms with Crippen LogP contribution >= 0.6 is 0 Å². The van der Waals surface area contributed by atoms with E-state index in [0.29, 0.717) is 0 Å². The maximum atomic E-state index is 12.0. The van der Waals surface area contributed by atoms with Gasteiger partial charge in [-0.3, -0.25) is 9.59 Å². The van der Waals surface area contributed by atoms with Crippen molar-refractivity contribution in [2.45, 2.75) is 6.42 Å². The van der Waals surface area contributed by atoms with Crippen molar-refractivity contribution in [3.05, 3.63) is 36.0 Å². The molecule has 0 saturated heterocycles. The average molecular weight is 260 g/mol. The number of rotatable bonds is 4. The number of carboxylic acids is 1. The summed E-state index contributed by atoms with van der Waals surface area (Å²) in [7, 11) is 3.43. The molecule has 19 heavy (non-hydrogen) atoms. The summed E-state index contributed by atoms with van der Waals surface area (Å²) in [5.41, 5.74) is 1.98. The molecule has 0 radical (unpaired) electrons. The highest BCUT2D eigenvalue weighted by Crippen LogP contribution is 2.20. The van der Waals surface area contributed by atoms with Crippen molar-refractivity contribution >= 4 is 22.8 Å². The molecule has 0 atom stereocenters. The summed E-state index contributed by atoms with van der Waals surface area (Å²) in [5, 5.41) is 9.71. The van der Waals surface area contributed by atoms with Gasteiger partial charge in [0.2, 0.25) is 5.91 Å². The third-order valence-corrected chi connectivity index (χ3v) is 3.12. The van der Waals surface area contributed by atoms with Crippen molar-refractivity contribution in [2.24, 2.45) is 7.05 Å². The highest BCUT2D eigenvalue weighted by Gasteiger charge is 2.15. The number of para-hydroxylation sites is 1. The van der Waals surface area contributed by atoms with Crippen LogP contribution < -0.4 is 0 Å². The van der Waals surface area contributed by atoms with Crippen LogP contribution in [-0.4, -0.2) is 40.0 Å². The van der Waals surface area contributed by atoms with Crippen LogP contribution in [0.3, 0.4) is 0 Å². The zero-order valence-corrected chi connectivity index (χ0v) is 11.0. The SMILES string of the molecule is CN(CC(=O)O)C(=O)Cc1cn(C)c2ccccc12. The summed E-state index contributed by atoms with van der Waals surface area (Å²) in [4.78, 5) is 23.8. The van der Waals surface area contributed by atoms with Crippen molar-refractivity contribution < 1.29 is 14.7 Å². The van der Waals surface area contributed by atoms with Gasteiger partial charge in [0.25, 0.3) is 0 Å². The van der Waals surface area contributed by atoms with Crippen molar-refractivity contribution in [2.75, 3.05) is 13.6 Å². The lowest BCUT2D eigenvalue weighted by Crippen LogP contribution is -2.33. The summed E-state index contributed by atoms with van der Waals surface area (Å²) < 4.78 is 1.97. The van der Waals surface area contributed by atoms with Crippen LogP contribution in [0.1, 0.15) is 5.56 Å². The molecule has 1 N–H and O–H groups in total. The molecule has 1 aromatic heterocycles. The topological polar surface area (TPSA) is 62.5 Å². The van der Waals surface area contributed by atoms with Crippen LogP contribution in [0, 0.1) is 0 Å². The van der Waals surface area contributed by atoms with Crippen LogP contribution in [0.2, 0.25) is 0 Å². The molecule has 0 unspecified atom stereocenters. The number of benzene rings is 1. The predicted octanol–water partition coefficient (Wildman–Crippen LogP) is 1.26. The van der Waals surface area contributed by atoms with Crippen molar-refractivity contribution in [1.29, 1.82) is 0 Å². The molecule has 0 fully saturated rings. The minimum atomic E-state index is -1.01. The monoisotopic (exact) mass is 260 g/mol. The number of nitrogens with zero attached hydrogens (tertiary/aromatic N) is 2. The third-order valence-electron chi connectivity index (χ3n) is 3.12. The first-order valence-electron chi connectivity index (χ1n) is 5.97. The molecule has 0 aliphatic rings. The Morgan fingerprint density at radius 2 is 2.00 bits per heavy atom. The second kappa shape index (κ2) is 5.14. The molecule has 0 bridgehead atoms. The number of aliphatic carboxylic acids is 1. The van der Waals surface area contributed by atoms with Gasteiger partial charge in [0.05, 0.1) is 6.42 Å². The van der Waals surface area contributed by atoms with Crippen molar-refractivity contribution in [1.82, 2.24) is 9.47 Å². The number of likely N-dealkylation sites (N-methyl/N-ethyl adjacent to an activating group) is 1. The van der Waals surface area contributed by atoms with Gasteiger partial charge in [-0.15, -0.1) is 0 Å². The summed E-state index contributed by atoms with van der Waals surface area (Å²) in [5.74, 6) is -1.20. The van der Waals surface area contributed by atoms with E-state index >= 15 is 0 Å². The zero-order chi connectivity index (χ0) is 14.0. The fraction of sp³-hybridized carbons (Fsp3) is 0.286. The molecule has 1 heterocycles. The number of carboxylic acid groups (broad SMARTS) is 1. The van der Waals surface area contributed by atoms with E-state index in [1.165, 1.54) is 11.9 Å². The van der Waals surface area contributed by atoms with E-state index in [2.05, 4.69) is 0 Å². The summed E-state index contributed by atoms with van der Waals surface area (Å²) in [6.45, 7) is -0.274. The van der Waals surface area contributed by atoms with Crippen molar-refractivity contribution in [3.8, 4) is 0 Å². The first-order chi connectivity index (χ1) is 8.99. The van der Waals surface area contributed by atoms with Crippen LogP contribution in [0.5, 0.6) is 0 Å². The summed E-state index contributed by atoms with van der Waals surface area (Å²) >= 11 is 0. The third kappa shape index (κ3) is 2.76. The maximum absolute atomic E-state index is 12.0. The van der Waals surface area contributed by atoms with Gasteiger partial charge in [-0.2, -0.15) is 0 Å². The van der Waals surface area contributed by atoms with Gasteiger partial charge < -0.3 is 14.6 Å². The lowest BCUT2D eigenvalue weighted by Gasteiger charge is -2.13. The molecule has 0 spiro atoms. The number of aryl methyl sites for hydroxylation is 1. The first-order valence-corrected chi connectivity index (χ1v) is 5.97. The average Bonchev–Trinajstić information content (AvgIpc) is 2.66. The standard InChI is InChI=1S/C14H16N2O3/c1-15-8-10(11-5-3-4-6-12(11)15)7-13(17)16(2)9-14(18)19/h3-6,8H,7,9H2,1-2H3,(H,18,19). The Hall–Kier alpha value is -2.30. The number of amides is 1. The maximum Gasteiger partial charge on any atom is 0.323 e. The van der Waals surface area contributed by atoms with Crippen LogP contribution in [0.4, 0.5) is 0 Å². The summed E-state index contributed by atoms with van der Waals surface area (Å²) in [6, 6.07) is 7.83. The van der Waals surface area contributed by atoms with Crippen LogP contribution in [0.15, 0.2) is 30.5 Å². The quantitative estimate of drug-likeness (QED) is 0.900. The smallest absolute Gasteiger partial charge is 0.323 e. The second-order valence-electron chi connectivity index (χ2n) is 4.60. The Labute approximate surface area is 111 Å². The number of hydrogen-bond acceptors (Lipinski definition) is 2. The zero-order valence-electron chi connectivity index (χ0n) is 11.0. The second-order valence-corrected chi connectivity index (χ2v) is 4.60. The van der Waals surface area contributed by atoms with Crippen LogP contribution in [0.25, 0.3) is 10.9 Å². The molecule has 0 saturated carbocycles. The Balaban J connectivity index is 2.22. The van der Waals surface area contributed by atoms with E-state index in [-0.39, 0.29) is 18.9 Å². The molecular formula is C14H16N2O3. The highest BCUT2D eigenvalue weighted by atomic mass is 16.4. The molecule has 0 aliphatic carbocycles. The summed E-state index contributed by atoms with van der Waals surface area (Å²) in [6.07, 6.45) is 2.13. The molecular weight excluding hydrogens is 244 g/mol. The van der Waals surface area contributed by atoms with E-state index in [1.807, 2.05) is 42.1 Å². The number of carbonyl (C=O) groups is 2. The minimum absolute atomic E-state index is 0.196. The number of fused-ring (bicyclic) bond motifs is 1. The van der Waals surface area contributed by atoms with Gasteiger partial charge >= 0.3 is 5.97 Å². The fourth-order valence-electron chi connectivity index (χ4n) is 2.16. The Bertz CT molecular complexity index is 631. The minimum Gasteiger partial charge on any atom is -0.480 e. The molecule has 2 aromatic rings. The van der Waals surface area contributed by atoms with Gasteiger partial charge in [0, 0.05) is 31.2 Å². The molecule has 1 aromatic carbocycles. The molecule has 0 aliphatic heterocycles. The van der Waals surface area contributed by atoms with Gasteiger partial charge in [-0.1, -0.05) is 18.2 Å². The van der Waals surface area contributed by atoms with E-state index in [0.717, 1.165) is 16.5 Å². The number of carbonyl (C=O) groups excluding carboxylic acids is 1. The lowest BCUT2D eigenvalue weighted by atomic mass is 10.1. The fourth-order valence-corrected chi connectivity index (χ4v) is 2.16. The molecule has 5 heteroatoms. The highest BCUT2D eigenvalue weighted by molar-refractivity contribution is 5.90. The van der Waals surface area contributed by atoms with E-state index in [4.69, 9.17) is 5.11 Å². The first kappa shape index (κ1) is 13.1. The van der Waals surface area contributed by atoms with Gasteiger partial charge in [-0.05, 0) is 11.6 Å². The normalized spacial score (nSPS) is 10.6. The van der Waals surface area contributed by atoms with E-state index < -0.39 is 5.97 Å². The molecule has 1 amide bonds. The molecule has 5 nitrogen and oxygen atoms in total.